The quantitative estimate of drug-likeness (QED) is 0.675. The molecule has 0 unspecified atom stereocenters. The van der Waals surface area contributed by atoms with E-state index in [4.69, 9.17) is 0 Å². The van der Waals surface area contributed by atoms with Crippen molar-refractivity contribution in [2.24, 2.45) is 0 Å². The van der Waals surface area contributed by atoms with Gasteiger partial charge in [-0.05, 0) is 18.6 Å². The van der Waals surface area contributed by atoms with E-state index in [9.17, 15) is 4.79 Å². The molecule has 1 aromatic carbocycles. The lowest BCUT2D eigenvalue weighted by molar-refractivity contribution is 0.245. The molecule has 3 nitrogen and oxygen atoms in total. The van der Waals surface area contributed by atoms with Gasteiger partial charge in [-0.3, -0.25) is 4.57 Å². The minimum Gasteiger partial charge on any atom is -0.340 e. The summed E-state index contributed by atoms with van der Waals surface area (Å²) >= 11 is 0. The fourth-order valence-electron chi connectivity index (χ4n) is 1.64. The van der Waals surface area contributed by atoms with Crippen LogP contribution in [0, 0.1) is 6.92 Å². The summed E-state index contributed by atoms with van der Waals surface area (Å²) in [5, 5.41) is 3.73. The van der Waals surface area contributed by atoms with Gasteiger partial charge in [-0.1, -0.05) is 18.2 Å². The lowest BCUT2D eigenvalue weighted by Gasteiger charge is -2.01. The van der Waals surface area contributed by atoms with Crippen molar-refractivity contribution in [3.8, 4) is 0 Å². The summed E-state index contributed by atoms with van der Waals surface area (Å²) in [5.74, 6) is 0. The molecule has 0 atom stereocenters. The summed E-state index contributed by atoms with van der Waals surface area (Å²) in [6, 6.07) is 7.76. The van der Waals surface area contributed by atoms with Crippen LogP contribution < -0.4 is 5.32 Å². The van der Waals surface area contributed by atoms with Gasteiger partial charge in [0, 0.05) is 18.6 Å². The first-order valence-corrected chi connectivity index (χ1v) is 4.53. The fourth-order valence-corrected chi connectivity index (χ4v) is 1.64. The number of aromatic nitrogens is 1. The van der Waals surface area contributed by atoms with Crippen LogP contribution >= 0.6 is 0 Å². The molecule has 2 rings (SSSR count). The van der Waals surface area contributed by atoms with Crippen LogP contribution in [0.25, 0.3) is 10.9 Å². The van der Waals surface area contributed by atoms with E-state index in [-0.39, 0.29) is 6.03 Å². The molecule has 0 radical (unpaired) electrons. The van der Waals surface area contributed by atoms with Crippen LogP contribution in [0.15, 0.2) is 30.5 Å². The molecule has 1 heterocycles. The molecule has 1 aromatic heterocycles. The van der Waals surface area contributed by atoms with Gasteiger partial charge < -0.3 is 5.32 Å². The van der Waals surface area contributed by atoms with Gasteiger partial charge in [0.05, 0.1) is 5.52 Å². The Morgan fingerprint density at radius 2 is 2.07 bits per heavy atom. The van der Waals surface area contributed by atoms with Crippen molar-refractivity contribution in [2.75, 3.05) is 7.05 Å². The van der Waals surface area contributed by atoms with E-state index in [1.54, 1.807) is 11.6 Å². The summed E-state index contributed by atoms with van der Waals surface area (Å²) in [6.45, 7) is 2.00. The van der Waals surface area contributed by atoms with Crippen LogP contribution in [-0.2, 0) is 0 Å². The molecule has 0 spiro atoms. The Morgan fingerprint density at radius 3 is 2.79 bits per heavy atom. The van der Waals surface area contributed by atoms with E-state index in [1.807, 2.05) is 37.4 Å². The van der Waals surface area contributed by atoms with Gasteiger partial charge in [0.1, 0.15) is 0 Å². The molecule has 0 aliphatic carbocycles. The molecule has 0 saturated heterocycles. The molecule has 0 fully saturated rings. The lowest BCUT2D eigenvalue weighted by atomic mass is 10.2. The van der Waals surface area contributed by atoms with Crippen LogP contribution in [0.4, 0.5) is 4.79 Å². The molecule has 1 N–H and O–H groups in total. The Kier molecular flexibility index (Phi) is 2.00. The number of fused-ring (bicyclic) bond motifs is 1. The number of nitrogens with one attached hydrogen (secondary N) is 1. The van der Waals surface area contributed by atoms with E-state index in [0.717, 1.165) is 16.5 Å². The summed E-state index contributed by atoms with van der Waals surface area (Å²) in [4.78, 5) is 11.5. The smallest absolute Gasteiger partial charge is 0.325 e. The molecule has 14 heavy (non-hydrogen) atoms. The number of para-hydroxylation sites is 1. The Labute approximate surface area is 82.3 Å². The molecule has 1 amide bonds. The normalized spacial score (nSPS) is 10.4. The second kappa shape index (κ2) is 3.18. The van der Waals surface area contributed by atoms with Crippen LogP contribution in [0.2, 0.25) is 0 Å². The Bertz CT molecular complexity index is 485. The third kappa shape index (κ3) is 1.18. The average Bonchev–Trinajstić information content (AvgIpc) is 2.56. The summed E-state index contributed by atoms with van der Waals surface area (Å²) < 4.78 is 1.63. The van der Waals surface area contributed by atoms with Crippen molar-refractivity contribution in [3.63, 3.8) is 0 Å². The van der Waals surface area contributed by atoms with Crippen molar-refractivity contribution in [1.82, 2.24) is 9.88 Å². The second-order valence-electron chi connectivity index (χ2n) is 3.25. The van der Waals surface area contributed by atoms with Crippen LogP contribution in [0.1, 0.15) is 5.56 Å². The third-order valence-electron chi connectivity index (χ3n) is 2.34. The first kappa shape index (κ1) is 8.81. The lowest BCUT2D eigenvalue weighted by Crippen LogP contribution is -2.23. The molecular weight excluding hydrogens is 176 g/mol. The number of amides is 1. The number of carbonyl (C=O) groups excluding carboxylic acids is 1. The summed E-state index contributed by atoms with van der Waals surface area (Å²) in [7, 11) is 1.63. The van der Waals surface area contributed by atoms with Crippen molar-refractivity contribution >= 4 is 16.9 Å². The maximum Gasteiger partial charge on any atom is 0.325 e. The maximum atomic E-state index is 11.5. The Balaban J connectivity index is 2.72. The van der Waals surface area contributed by atoms with Crippen molar-refractivity contribution < 1.29 is 4.79 Å². The number of rotatable bonds is 0. The number of benzene rings is 1. The fraction of sp³-hybridized carbons (Fsp3) is 0.182. The Morgan fingerprint density at radius 1 is 1.36 bits per heavy atom. The van der Waals surface area contributed by atoms with Gasteiger partial charge >= 0.3 is 6.03 Å². The van der Waals surface area contributed by atoms with E-state index in [2.05, 4.69) is 5.32 Å². The predicted molar refractivity (Wildman–Crippen MR) is 56.5 cm³/mol. The maximum absolute atomic E-state index is 11.5. The van der Waals surface area contributed by atoms with Gasteiger partial charge in [0.25, 0.3) is 0 Å². The highest BCUT2D eigenvalue weighted by molar-refractivity contribution is 5.93. The Hall–Kier alpha value is -1.77. The van der Waals surface area contributed by atoms with E-state index >= 15 is 0 Å². The SMILES string of the molecule is CNC(=O)n1cc(C)c2ccccc21. The first-order chi connectivity index (χ1) is 6.74. The van der Waals surface area contributed by atoms with Gasteiger partial charge in [0.15, 0.2) is 0 Å². The highest BCUT2D eigenvalue weighted by atomic mass is 16.2. The molecule has 72 valence electrons. The minimum atomic E-state index is -0.103. The molecule has 0 aliphatic rings. The zero-order valence-corrected chi connectivity index (χ0v) is 8.24. The zero-order chi connectivity index (χ0) is 10.1. The second-order valence-corrected chi connectivity index (χ2v) is 3.25. The predicted octanol–water partition coefficient (Wildman–Crippen LogP) is 2.14. The first-order valence-electron chi connectivity index (χ1n) is 4.53. The average molecular weight is 188 g/mol. The third-order valence-corrected chi connectivity index (χ3v) is 2.34. The van der Waals surface area contributed by atoms with Crippen LogP contribution in [-0.4, -0.2) is 17.6 Å². The number of carbonyl (C=O) groups is 1. The largest absolute Gasteiger partial charge is 0.340 e. The molecule has 3 heteroatoms. The van der Waals surface area contributed by atoms with Crippen molar-refractivity contribution in [3.05, 3.63) is 36.0 Å². The van der Waals surface area contributed by atoms with E-state index in [0.29, 0.717) is 0 Å². The number of hydrogen-bond donors (Lipinski definition) is 1. The van der Waals surface area contributed by atoms with E-state index < -0.39 is 0 Å². The molecule has 0 bridgehead atoms. The zero-order valence-electron chi connectivity index (χ0n) is 8.24. The summed E-state index contributed by atoms with van der Waals surface area (Å²) in [6.07, 6.45) is 1.85. The monoisotopic (exact) mass is 188 g/mol. The van der Waals surface area contributed by atoms with Crippen LogP contribution in [0.3, 0.4) is 0 Å². The van der Waals surface area contributed by atoms with E-state index in [1.165, 1.54) is 0 Å². The molecule has 0 saturated carbocycles. The topological polar surface area (TPSA) is 34.0 Å². The highest BCUT2D eigenvalue weighted by Crippen LogP contribution is 2.19. The number of nitrogens with zero attached hydrogens (tertiary/aromatic N) is 1. The molecule has 0 aliphatic heterocycles. The van der Waals surface area contributed by atoms with Gasteiger partial charge in [-0.15, -0.1) is 0 Å². The molecular formula is C11H12N2O. The highest BCUT2D eigenvalue weighted by Gasteiger charge is 2.08. The van der Waals surface area contributed by atoms with Crippen molar-refractivity contribution in [1.29, 1.82) is 0 Å². The van der Waals surface area contributed by atoms with Gasteiger partial charge in [-0.25, -0.2) is 4.79 Å². The number of aryl methyl sites for hydroxylation is 1. The minimum absolute atomic E-state index is 0.103. The summed E-state index contributed by atoms with van der Waals surface area (Å²) in [5.41, 5.74) is 2.06. The standard InChI is InChI=1S/C11H12N2O/c1-8-7-13(11(14)12-2)10-6-4-3-5-9(8)10/h3-7H,1-2H3,(H,12,14). The van der Waals surface area contributed by atoms with Gasteiger partial charge in [-0.2, -0.15) is 0 Å². The molecule has 2 aromatic rings. The van der Waals surface area contributed by atoms with Gasteiger partial charge in [0.2, 0.25) is 0 Å². The van der Waals surface area contributed by atoms with Crippen molar-refractivity contribution in [2.45, 2.75) is 6.92 Å². The number of hydrogen-bond acceptors (Lipinski definition) is 1. The van der Waals surface area contributed by atoms with Crippen LogP contribution in [0.5, 0.6) is 0 Å².